The van der Waals surface area contributed by atoms with E-state index < -0.39 is 15.8 Å². The van der Waals surface area contributed by atoms with Gasteiger partial charge in [-0.1, -0.05) is 6.07 Å². The zero-order valence-electron chi connectivity index (χ0n) is 14.9. The van der Waals surface area contributed by atoms with E-state index in [9.17, 15) is 13.2 Å². The molecule has 0 aliphatic carbocycles. The summed E-state index contributed by atoms with van der Waals surface area (Å²) >= 11 is 0. The molecule has 0 N–H and O–H groups in total. The van der Waals surface area contributed by atoms with Crippen molar-refractivity contribution >= 4 is 21.1 Å². The van der Waals surface area contributed by atoms with E-state index in [1.807, 2.05) is 18.2 Å². The van der Waals surface area contributed by atoms with E-state index in [1.54, 1.807) is 19.3 Å². The number of rotatable bonds is 4. The van der Waals surface area contributed by atoms with Gasteiger partial charge in [-0.25, -0.2) is 13.2 Å². The van der Waals surface area contributed by atoms with Crippen molar-refractivity contribution in [2.75, 3.05) is 26.2 Å². The molecule has 3 aromatic rings. The lowest BCUT2D eigenvalue weighted by atomic mass is 10.3. The number of benzene rings is 1. The number of piperazine rings is 1. The molecule has 27 heavy (non-hydrogen) atoms. The minimum Gasteiger partial charge on any atom is -0.408 e. The van der Waals surface area contributed by atoms with E-state index in [-0.39, 0.29) is 10.5 Å². The number of nitrogens with zero attached hydrogens (tertiary/aromatic N) is 4. The maximum Gasteiger partial charge on any atom is 0.419 e. The monoisotopic (exact) mass is 388 g/mol. The zero-order chi connectivity index (χ0) is 19.0. The summed E-state index contributed by atoms with van der Waals surface area (Å²) in [6.07, 6.45) is 1.76. The Morgan fingerprint density at radius 1 is 1.11 bits per heavy atom. The van der Waals surface area contributed by atoms with Crippen molar-refractivity contribution in [3.8, 4) is 0 Å². The van der Waals surface area contributed by atoms with Crippen molar-refractivity contribution < 1.29 is 12.8 Å². The lowest BCUT2D eigenvalue weighted by molar-refractivity contribution is 0.180. The standard InChI is InChI=1S/C18H20N4O4S/c1-20-16-6-5-15(12-17(16)26-18(20)23)27(24,25)22-10-8-21(9-11-22)13-14-4-2-3-7-19-14/h2-7,12H,8-11,13H2,1H3. The van der Waals surface area contributed by atoms with E-state index in [0.717, 1.165) is 5.69 Å². The van der Waals surface area contributed by atoms with E-state index in [0.29, 0.717) is 38.2 Å². The average Bonchev–Trinajstić information content (AvgIpc) is 2.96. The molecule has 0 spiro atoms. The first kappa shape index (κ1) is 17.9. The quantitative estimate of drug-likeness (QED) is 0.663. The SMILES string of the molecule is Cn1c(=O)oc2cc(S(=O)(=O)N3CCN(Cc4ccccn4)CC3)ccc21. The summed E-state index contributed by atoms with van der Waals surface area (Å²) in [5.74, 6) is -0.511. The van der Waals surface area contributed by atoms with Crippen molar-refractivity contribution in [2.24, 2.45) is 7.05 Å². The number of oxazole rings is 1. The molecule has 8 nitrogen and oxygen atoms in total. The van der Waals surface area contributed by atoms with Gasteiger partial charge in [-0.05, 0) is 24.3 Å². The molecule has 3 heterocycles. The number of pyridine rings is 1. The number of fused-ring (bicyclic) bond motifs is 1. The van der Waals surface area contributed by atoms with Gasteiger partial charge in [0, 0.05) is 52.0 Å². The Balaban J connectivity index is 1.49. The van der Waals surface area contributed by atoms with Crippen molar-refractivity contribution in [1.29, 1.82) is 0 Å². The molecule has 142 valence electrons. The van der Waals surface area contributed by atoms with Crippen LogP contribution in [0.4, 0.5) is 0 Å². The molecule has 9 heteroatoms. The Morgan fingerprint density at radius 2 is 1.89 bits per heavy atom. The predicted molar refractivity (Wildman–Crippen MR) is 99.7 cm³/mol. The maximum absolute atomic E-state index is 13.0. The van der Waals surface area contributed by atoms with Crippen LogP contribution < -0.4 is 5.76 Å². The Kier molecular flexibility index (Phi) is 4.58. The summed E-state index contributed by atoms with van der Waals surface area (Å²) in [6.45, 7) is 2.80. The number of sulfonamides is 1. The van der Waals surface area contributed by atoms with Crippen molar-refractivity contribution in [1.82, 2.24) is 18.8 Å². The minimum absolute atomic E-state index is 0.141. The number of aromatic nitrogens is 2. The molecular formula is C18H20N4O4S. The first-order valence-corrected chi connectivity index (χ1v) is 10.1. The summed E-state index contributed by atoms with van der Waals surface area (Å²) in [5, 5.41) is 0. The van der Waals surface area contributed by atoms with Crippen molar-refractivity contribution in [3.05, 3.63) is 58.8 Å². The minimum atomic E-state index is -3.63. The molecule has 1 aromatic carbocycles. The van der Waals surface area contributed by atoms with Crippen LogP contribution in [0, 0.1) is 0 Å². The first-order chi connectivity index (χ1) is 12.9. The highest BCUT2D eigenvalue weighted by Crippen LogP contribution is 2.22. The van der Waals surface area contributed by atoms with Crippen LogP contribution >= 0.6 is 0 Å². The van der Waals surface area contributed by atoms with Crippen LogP contribution in [0.25, 0.3) is 11.1 Å². The van der Waals surface area contributed by atoms with Gasteiger partial charge in [-0.15, -0.1) is 0 Å². The molecule has 0 atom stereocenters. The van der Waals surface area contributed by atoms with Gasteiger partial charge in [0.2, 0.25) is 10.0 Å². The van der Waals surface area contributed by atoms with E-state index in [4.69, 9.17) is 4.42 Å². The number of hydrogen-bond donors (Lipinski definition) is 0. The van der Waals surface area contributed by atoms with Gasteiger partial charge >= 0.3 is 5.76 Å². The molecule has 0 saturated carbocycles. The van der Waals surface area contributed by atoms with Gasteiger partial charge in [0.25, 0.3) is 0 Å². The molecule has 0 radical (unpaired) electrons. The van der Waals surface area contributed by atoms with Gasteiger partial charge in [0.05, 0.1) is 16.1 Å². The molecular weight excluding hydrogens is 368 g/mol. The third-order valence-corrected chi connectivity index (χ3v) is 6.74. The van der Waals surface area contributed by atoms with Crippen LogP contribution in [-0.4, -0.2) is 53.4 Å². The summed E-state index contributed by atoms with van der Waals surface area (Å²) in [6, 6.07) is 10.3. The Labute approximate surface area is 156 Å². The maximum atomic E-state index is 13.0. The Bertz CT molecular complexity index is 1110. The van der Waals surface area contributed by atoms with Crippen molar-refractivity contribution in [2.45, 2.75) is 11.4 Å². The van der Waals surface area contributed by atoms with Gasteiger partial charge in [0.1, 0.15) is 0 Å². The van der Waals surface area contributed by atoms with Crippen LogP contribution in [0.1, 0.15) is 5.69 Å². The average molecular weight is 388 g/mol. The molecule has 1 fully saturated rings. The molecule has 2 aromatic heterocycles. The second-order valence-corrected chi connectivity index (χ2v) is 8.50. The first-order valence-electron chi connectivity index (χ1n) is 8.67. The van der Waals surface area contributed by atoms with Gasteiger partial charge in [0.15, 0.2) is 5.58 Å². The lowest BCUT2D eigenvalue weighted by Gasteiger charge is -2.33. The molecule has 0 unspecified atom stereocenters. The summed E-state index contributed by atoms with van der Waals surface area (Å²) in [4.78, 5) is 18.3. The molecule has 1 aliphatic heterocycles. The fraction of sp³-hybridized carbons (Fsp3) is 0.333. The highest BCUT2D eigenvalue weighted by molar-refractivity contribution is 7.89. The molecule has 0 bridgehead atoms. The smallest absolute Gasteiger partial charge is 0.408 e. The summed E-state index contributed by atoms with van der Waals surface area (Å²) in [7, 11) is -2.05. The van der Waals surface area contributed by atoms with Crippen LogP contribution in [0.2, 0.25) is 0 Å². The lowest BCUT2D eigenvalue weighted by Crippen LogP contribution is -2.48. The van der Waals surface area contributed by atoms with Crippen LogP contribution in [0.15, 0.2) is 56.7 Å². The Morgan fingerprint density at radius 3 is 2.59 bits per heavy atom. The van der Waals surface area contributed by atoms with E-state index in [2.05, 4.69) is 9.88 Å². The largest absolute Gasteiger partial charge is 0.419 e. The number of hydrogen-bond acceptors (Lipinski definition) is 6. The molecule has 1 saturated heterocycles. The third-order valence-electron chi connectivity index (χ3n) is 4.84. The molecule has 1 aliphatic rings. The topological polar surface area (TPSA) is 88.6 Å². The Hall–Kier alpha value is -2.49. The second kappa shape index (κ2) is 6.91. The number of aryl methyl sites for hydroxylation is 1. The normalized spacial score (nSPS) is 16.8. The van der Waals surface area contributed by atoms with Crippen molar-refractivity contribution in [3.63, 3.8) is 0 Å². The molecule has 4 rings (SSSR count). The van der Waals surface area contributed by atoms with Gasteiger partial charge < -0.3 is 4.42 Å². The second-order valence-electron chi connectivity index (χ2n) is 6.56. The highest BCUT2D eigenvalue weighted by atomic mass is 32.2. The van der Waals surface area contributed by atoms with Crippen LogP contribution in [-0.2, 0) is 23.6 Å². The fourth-order valence-electron chi connectivity index (χ4n) is 3.27. The van der Waals surface area contributed by atoms with E-state index >= 15 is 0 Å². The molecule has 0 amide bonds. The summed E-state index contributed by atoms with van der Waals surface area (Å²) in [5.41, 5.74) is 1.81. The van der Waals surface area contributed by atoms with Crippen LogP contribution in [0.3, 0.4) is 0 Å². The van der Waals surface area contributed by atoms with Gasteiger partial charge in [-0.3, -0.25) is 14.5 Å². The fourth-order valence-corrected chi connectivity index (χ4v) is 4.71. The summed E-state index contributed by atoms with van der Waals surface area (Å²) < 4.78 is 33.9. The van der Waals surface area contributed by atoms with Crippen LogP contribution in [0.5, 0.6) is 0 Å². The third kappa shape index (κ3) is 3.41. The van der Waals surface area contributed by atoms with Gasteiger partial charge in [-0.2, -0.15) is 4.31 Å². The zero-order valence-corrected chi connectivity index (χ0v) is 15.7. The highest BCUT2D eigenvalue weighted by Gasteiger charge is 2.29. The predicted octanol–water partition coefficient (Wildman–Crippen LogP) is 1.03. The van der Waals surface area contributed by atoms with E-state index in [1.165, 1.54) is 21.0 Å².